The number of rotatable bonds is 4. The molecule has 0 fully saturated rings. The Morgan fingerprint density at radius 1 is 1.05 bits per heavy atom. The predicted octanol–water partition coefficient (Wildman–Crippen LogP) is 6.35. The molecule has 2 aromatic rings. The summed E-state index contributed by atoms with van der Waals surface area (Å²) in [5.41, 5.74) is 3.84. The molecule has 0 atom stereocenters. The third-order valence-corrected chi connectivity index (χ3v) is 3.67. The molecule has 0 N–H and O–H groups in total. The van der Waals surface area contributed by atoms with Crippen LogP contribution in [-0.2, 0) is 6.42 Å². The van der Waals surface area contributed by atoms with Crippen molar-refractivity contribution in [2.45, 2.75) is 19.8 Å². The summed E-state index contributed by atoms with van der Waals surface area (Å²) >= 11 is 16.9. The highest BCUT2D eigenvalue weighted by Gasteiger charge is 2.08. The van der Waals surface area contributed by atoms with Crippen LogP contribution in [0.25, 0.3) is 11.1 Å². The highest BCUT2D eigenvalue weighted by Crippen LogP contribution is 2.37. The van der Waals surface area contributed by atoms with Gasteiger partial charge in [-0.1, -0.05) is 60.8 Å². The SMILES string of the molecule is CCCc1ccc(-c2cc(Cl)c(N=C=S)c(Cl)c2)cc1. The molecule has 0 amide bonds. The fourth-order valence-corrected chi connectivity index (χ4v) is 2.70. The Hall–Kier alpha value is -1.18. The second-order valence-electron chi connectivity index (χ2n) is 4.44. The molecule has 0 unspecified atom stereocenters. The van der Waals surface area contributed by atoms with Crippen LogP contribution in [0, 0.1) is 0 Å². The molecule has 102 valence electrons. The zero-order chi connectivity index (χ0) is 14.5. The molecule has 20 heavy (non-hydrogen) atoms. The fourth-order valence-electron chi connectivity index (χ4n) is 2.04. The van der Waals surface area contributed by atoms with Gasteiger partial charge in [0.1, 0.15) is 5.69 Å². The molecular weight excluding hydrogens is 309 g/mol. The van der Waals surface area contributed by atoms with Crippen molar-refractivity contribution < 1.29 is 0 Å². The van der Waals surface area contributed by atoms with Gasteiger partial charge in [-0.3, -0.25) is 0 Å². The van der Waals surface area contributed by atoms with Gasteiger partial charge < -0.3 is 0 Å². The van der Waals surface area contributed by atoms with E-state index in [1.807, 2.05) is 12.1 Å². The number of aryl methyl sites for hydroxylation is 1. The van der Waals surface area contributed by atoms with Gasteiger partial charge in [0.15, 0.2) is 0 Å². The molecule has 2 aromatic carbocycles. The normalized spacial score (nSPS) is 10.2. The molecular formula is C16H13Cl2NS. The van der Waals surface area contributed by atoms with E-state index in [1.165, 1.54) is 5.56 Å². The zero-order valence-electron chi connectivity index (χ0n) is 11.0. The lowest BCUT2D eigenvalue weighted by Gasteiger charge is -2.07. The summed E-state index contributed by atoms with van der Waals surface area (Å²) in [5, 5.41) is 3.23. The monoisotopic (exact) mass is 321 g/mol. The number of thiocarbonyl (C=S) groups is 1. The van der Waals surface area contributed by atoms with E-state index in [-0.39, 0.29) is 0 Å². The molecule has 0 aliphatic carbocycles. The van der Waals surface area contributed by atoms with Crippen molar-refractivity contribution in [3.63, 3.8) is 0 Å². The van der Waals surface area contributed by atoms with Gasteiger partial charge in [0.05, 0.1) is 15.2 Å². The second-order valence-corrected chi connectivity index (χ2v) is 5.44. The summed E-state index contributed by atoms with van der Waals surface area (Å²) in [4.78, 5) is 3.88. The van der Waals surface area contributed by atoms with E-state index in [9.17, 15) is 0 Å². The molecule has 0 saturated heterocycles. The minimum absolute atomic E-state index is 0.467. The Kier molecular flexibility index (Phi) is 5.33. The summed E-state index contributed by atoms with van der Waals surface area (Å²) in [7, 11) is 0. The third-order valence-electron chi connectivity index (χ3n) is 3.00. The summed E-state index contributed by atoms with van der Waals surface area (Å²) in [6.45, 7) is 2.17. The van der Waals surface area contributed by atoms with Crippen LogP contribution in [-0.4, -0.2) is 5.16 Å². The van der Waals surface area contributed by atoms with E-state index in [4.69, 9.17) is 23.2 Å². The molecule has 0 bridgehead atoms. The Morgan fingerprint density at radius 3 is 2.15 bits per heavy atom. The Morgan fingerprint density at radius 2 is 1.65 bits per heavy atom. The highest BCUT2D eigenvalue weighted by atomic mass is 35.5. The first-order chi connectivity index (χ1) is 9.65. The van der Waals surface area contributed by atoms with Crippen LogP contribution in [0.1, 0.15) is 18.9 Å². The summed E-state index contributed by atoms with van der Waals surface area (Å²) in [6.07, 6.45) is 2.23. The molecule has 1 nitrogen and oxygen atoms in total. The van der Waals surface area contributed by atoms with Crippen molar-refractivity contribution >= 4 is 46.3 Å². The molecule has 0 saturated carbocycles. The fraction of sp³-hybridized carbons (Fsp3) is 0.188. The molecule has 0 aliphatic rings. The lowest BCUT2D eigenvalue weighted by Crippen LogP contribution is -1.84. The average molecular weight is 322 g/mol. The molecule has 0 heterocycles. The minimum Gasteiger partial charge on any atom is -0.192 e. The van der Waals surface area contributed by atoms with Crippen molar-refractivity contribution in [1.29, 1.82) is 0 Å². The van der Waals surface area contributed by atoms with E-state index >= 15 is 0 Å². The highest BCUT2D eigenvalue weighted by molar-refractivity contribution is 7.78. The minimum atomic E-state index is 0.467. The lowest BCUT2D eigenvalue weighted by molar-refractivity contribution is 0.922. The summed E-state index contributed by atoms with van der Waals surface area (Å²) in [5.74, 6) is 0. The number of hydrogen-bond acceptors (Lipinski definition) is 2. The Balaban J connectivity index is 2.40. The van der Waals surface area contributed by atoms with Gasteiger partial charge in [-0.25, -0.2) is 0 Å². The lowest BCUT2D eigenvalue weighted by atomic mass is 10.0. The van der Waals surface area contributed by atoms with Gasteiger partial charge in [-0.15, -0.1) is 0 Å². The number of hydrogen-bond donors (Lipinski definition) is 0. The number of aliphatic imine (C=N–C) groups is 1. The van der Waals surface area contributed by atoms with Crippen molar-refractivity contribution in [2.24, 2.45) is 4.99 Å². The first-order valence-corrected chi connectivity index (χ1v) is 7.48. The van der Waals surface area contributed by atoms with E-state index < -0.39 is 0 Å². The van der Waals surface area contributed by atoms with E-state index in [2.05, 4.69) is 53.6 Å². The molecule has 0 aromatic heterocycles. The standard InChI is InChI=1S/C16H13Cl2NS/c1-2-3-11-4-6-12(7-5-11)13-8-14(17)16(19-10-20)15(18)9-13/h4-9H,2-3H2,1H3. The summed E-state index contributed by atoms with van der Waals surface area (Å²) in [6, 6.07) is 12.1. The van der Waals surface area contributed by atoms with Crippen LogP contribution in [0.2, 0.25) is 10.0 Å². The first-order valence-electron chi connectivity index (χ1n) is 6.32. The first kappa shape index (κ1) is 15.2. The molecule has 0 aliphatic heterocycles. The molecule has 2 rings (SSSR count). The largest absolute Gasteiger partial charge is 0.192 e. The van der Waals surface area contributed by atoms with Gasteiger partial charge >= 0.3 is 0 Å². The van der Waals surface area contributed by atoms with E-state index in [1.54, 1.807) is 0 Å². The van der Waals surface area contributed by atoms with Crippen LogP contribution in [0.3, 0.4) is 0 Å². The maximum Gasteiger partial charge on any atom is 0.111 e. The maximum absolute atomic E-state index is 6.18. The van der Waals surface area contributed by atoms with Crippen molar-refractivity contribution in [3.8, 4) is 11.1 Å². The topological polar surface area (TPSA) is 12.4 Å². The van der Waals surface area contributed by atoms with Crippen LogP contribution in [0.15, 0.2) is 41.4 Å². The van der Waals surface area contributed by atoms with Gasteiger partial charge in [-0.05, 0) is 47.5 Å². The van der Waals surface area contributed by atoms with Crippen LogP contribution in [0.5, 0.6) is 0 Å². The van der Waals surface area contributed by atoms with Gasteiger partial charge in [0.25, 0.3) is 0 Å². The van der Waals surface area contributed by atoms with Crippen LogP contribution in [0.4, 0.5) is 5.69 Å². The molecule has 4 heteroatoms. The Bertz CT molecular complexity index is 636. The number of benzene rings is 2. The maximum atomic E-state index is 6.18. The number of isothiocyanates is 1. The quantitative estimate of drug-likeness (QED) is 0.472. The smallest absolute Gasteiger partial charge is 0.111 e. The second kappa shape index (κ2) is 7.01. The van der Waals surface area contributed by atoms with Crippen LogP contribution >= 0.6 is 35.4 Å². The summed E-state index contributed by atoms with van der Waals surface area (Å²) < 4.78 is 0. The van der Waals surface area contributed by atoms with Crippen LogP contribution < -0.4 is 0 Å². The van der Waals surface area contributed by atoms with Gasteiger partial charge in [0, 0.05) is 0 Å². The molecule has 0 radical (unpaired) electrons. The van der Waals surface area contributed by atoms with E-state index in [0.29, 0.717) is 15.7 Å². The van der Waals surface area contributed by atoms with Crippen molar-refractivity contribution in [1.82, 2.24) is 0 Å². The van der Waals surface area contributed by atoms with E-state index in [0.717, 1.165) is 24.0 Å². The average Bonchev–Trinajstić information content (AvgIpc) is 2.44. The number of nitrogens with zero attached hydrogens (tertiary/aromatic N) is 1. The van der Waals surface area contributed by atoms with Gasteiger partial charge in [0.2, 0.25) is 0 Å². The van der Waals surface area contributed by atoms with Crippen molar-refractivity contribution in [3.05, 3.63) is 52.0 Å². The predicted molar refractivity (Wildman–Crippen MR) is 90.6 cm³/mol. The zero-order valence-corrected chi connectivity index (χ0v) is 13.3. The molecule has 0 spiro atoms. The number of halogens is 2. The van der Waals surface area contributed by atoms with Gasteiger partial charge in [-0.2, -0.15) is 4.99 Å². The Labute approximate surface area is 134 Å². The third kappa shape index (κ3) is 3.47. The van der Waals surface area contributed by atoms with Crippen molar-refractivity contribution in [2.75, 3.05) is 0 Å².